The fourth-order valence-electron chi connectivity index (χ4n) is 2.62. The highest BCUT2D eigenvalue weighted by atomic mass is 16.1. The summed E-state index contributed by atoms with van der Waals surface area (Å²) in [6.45, 7) is 12.5. The molecule has 0 aromatic carbocycles. The number of anilines is 1. The molecule has 3 rings (SSSR count). The van der Waals surface area contributed by atoms with Crippen LogP contribution in [0.5, 0.6) is 0 Å². The van der Waals surface area contributed by atoms with E-state index in [0.717, 1.165) is 41.7 Å². The van der Waals surface area contributed by atoms with E-state index in [4.69, 9.17) is 0 Å². The van der Waals surface area contributed by atoms with Crippen molar-refractivity contribution in [2.24, 2.45) is 5.92 Å². The smallest absolute Gasteiger partial charge is 0.269 e. The molecule has 0 bridgehead atoms. The fraction of sp³-hybridized carbons (Fsp3) is 0.520. The van der Waals surface area contributed by atoms with Crippen LogP contribution in [0.1, 0.15) is 68.6 Å². The number of H-pyrrole nitrogens is 2. The minimum atomic E-state index is -0.190. The van der Waals surface area contributed by atoms with Gasteiger partial charge in [-0.1, -0.05) is 41.0 Å². The first-order valence-corrected chi connectivity index (χ1v) is 12.1. The number of rotatable bonds is 11. The number of hydrogen-bond acceptors (Lipinski definition) is 6. The molecule has 9 heteroatoms. The Kier molecular flexibility index (Phi) is 14.7. The summed E-state index contributed by atoms with van der Waals surface area (Å²) >= 11 is 0. The van der Waals surface area contributed by atoms with Gasteiger partial charge in [-0.15, -0.1) is 0 Å². The number of carbonyl (C=O) groups excluding carboxylic acids is 1. The first-order chi connectivity index (χ1) is 16.5. The Balaban J connectivity index is 0.000000733. The van der Waals surface area contributed by atoms with Crippen LogP contribution in [-0.4, -0.2) is 51.0 Å². The van der Waals surface area contributed by atoms with Crippen molar-refractivity contribution in [3.63, 3.8) is 0 Å². The van der Waals surface area contributed by atoms with E-state index in [1.54, 1.807) is 24.9 Å². The molecule has 0 spiro atoms. The summed E-state index contributed by atoms with van der Waals surface area (Å²) < 4.78 is 0. The Morgan fingerprint density at radius 3 is 2.09 bits per heavy atom. The van der Waals surface area contributed by atoms with E-state index in [1.807, 2.05) is 33.2 Å². The highest BCUT2D eigenvalue weighted by molar-refractivity contribution is 5.93. The monoisotopic (exact) mass is 470 g/mol. The average Bonchev–Trinajstić information content (AvgIpc) is 3.58. The van der Waals surface area contributed by atoms with Gasteiger partial charge in [-0.05, 0) is 18.1 Å². The maximum Gasteiger partial charge on any atom is 0.269 e. The number of nitrogens with one attached hydrogen (secondary N) is 5. The molecule has 0 saturated carbocycles. The lowest BCUT2D eigenvalue weighted by Crippen LogP contribution is -2.27. The highest BCUT2D eigenvalue weighted by Crippen LogP contribution is 2.11. The topological polar surface area (TPSA) is 123 Å². The molecule has 1 amide bonds. The third-order valence-electron chi connectivity index (χ3n) is 4.88. The van der Waals surface area contributed by atoms with Crippen LogP contribution in [0.3, 0.4) is 0 Å². The van der Waals surface area contributed by atoms with Crippen LogP contribution in [0.2, 0.25) is 0 Å². The van der Waals surface area contributed by atoms with Gasteiger partial charge in [-0.3, -0.25) is 4.79 Å². The predicted octanol–water partition coefficient (Wildman–Crippen LogP) is 3.95. The van der Waals surface area contributed by atoms with Crippen molar-refractivity contribution in [2.45, 2.75) is 60.4 Å². The maximum absolute atomic E-state index is 12.4. The van der Waals surface area contributed by atoms with Gasteiger partial charge >= 0.3 is 0 Å². The second-order valence-corrected chi connectivity index (χ2v) is 7.87. The fourth-order valence-corrected chi connectivity index (χ4v) is 2.62. The van der Waals surface area contributed by atoms with Crippen molar-refractivity contribution in [2.75, 3.05) is 25.5 Å². The number of aromatic nitrogens is 5. The van der Waals surface area contributed by atoms with E-state index in [1.165, 1.54) is 6.42 Å². The molecule has 5 N–H and O–H groups in total. The van der Waals surface area contributed by atoms with Crippen LogP contribution in [0, 0.1) is 5.92 Å². The van der Waals surface area contributed by atoms with Crippen molar-refractivity contribution in [1.82, 2.24) is 35.6 Å². The molecule has 9 nitrogen and oxygen atoms in total. The summed E-state index contributed by atoms with van der Waals surface area (Å²) in [5, 5.41) is 9.31. The maximum atomic E-state index is 12.4. The lowest BCUT2D eigenvalue weighted by molar-refractivity contribution is 0.0949. The number of amides is 1. The highest BCUT2D eigenvalue weighted by Gasteiger charge is 2.10. The Labute approximate surface area is 204 Å². The number of nitrogens with zero attached hydrogens (tertiary/aromatic N) is 3. The molecular weight excluding hydrogens is 428 g/mol. The van der Waals surface area contributed by atoms with Gasteiger partial charge < -0.3 is 25.9 Å². The van der Waals surface area contributed by atoms with Gasteiger partial charge in [0.15, 0.2) is 0 Å². The Bertz CT molecular complexity index is 892. The second-order valence-electron chi connectivity index (χ2n) is 7.87. The number of aromatic amines is 2. The molecule has 0 fully saturated rings. The third kappa shape index (κ3) is 11.6. The Morgan fingerprint density at radius 1 is 1.00 bits per heavy atom. The summed E-state index contributed by atoms with van der Waals surface area (Å²) in [6, 6.07) is 3.68. The summed E-state index contributed by atoms with van der Waals surface area (Å²) in [5.41, 5.74) is 4.13. The molecule has 0 aliphatic carbocycles. The Hall–Kier alpha value is -3.20. The molecule has 3 heterocycles. The van der Waals surface area contributed by atoms with Crippen LogP contribution in [-0.2, 0) is 19.4 Å². The SMILES string of the molecule is CC.CCC(C)C.CNc1cc(CNCCc2cnc[nH]2)nc(C(=O)NCCc2cnc[nH]2)c1. The standard InChI is InChI=1S/C18H24N8O.C5H12.C2H6/c1-19-15-6-16(10-20-4-2-13-8-21-11-24-13)26-17(7-15)18(27)23-5-3-14-9-22-12-25-14;1-4-5(2)3;1-2/h6-9,11-12,20H,2-5,10H2,1H3,(H,19,26)(H,21,24)(H,22,25)(H,23,27);5H,4H2,1-3H3;1-2H3. The molecule has 3 aromatic heterocycles. The van der Waals surface area contributed by atoms with Gasteiger partial charge in [0.05, 0.1) is 18.3 Å². The van der Waals surface area contributed by atoms with Gasteiger partial charge in [0.1, 0.15) is 5.69 Å². The van der Waals surface area contributed by atoms with Crippen LogP contribution >= 0.6 is 0 Å². The van der Waals surface area contributed by atoms with Gasteiger partial charge in [-0.25, -0.2) is 15.0 Å². The minimum Gasteiger partial charge on any atom is -0.388 e. The lowest BCUT2D eigenvalue weighted by atomic mass is 10.2. The Morgan fingerprint density at radius 2 is 1.59 bits per heavy atom. The lowest BCUT2D eigenvalue weighted by Gasteiger charge is -2.10. The van der Waals surface area contributed by atoms with E-state index >= 15 is 0 Å². The van der Waals surface area contributed by atoms with E-state index in [0.29, 0.717) is 25.2 Å². The van der Waals surface area contributed by atoms with Crippen molar-refractivity contribution in [1.29, 1.82) is 0 Å². The summed E-state index contributed by atoms with van der Waals surface area (Å²) in [6.07, 6.45) is 9.71. The van der Waals surface area contributed by atoms with E-state index < -0.39 is 0 Å². The van der Waals surface area contributed by atoms with Crippen molar-refractivity contribution < 1.29 is 4.79 Å². The first kappa shape index (κ1) is 28.8. The molecule has 34 heavy (non-hydrogen) atoms. The normalized spacial score (nSPS) is 10.1. The quantitative estimate of drug-likeness (QED) is 0.270. The van der Waals surface area contributed by atoms with E-state index in [2.05, 4.69) is 61.6 Å². The minimum absolute atomic E-state index is 0.190. The first-order valence-electron chi connectivity index (χ1n) is 12.1. The molecule has 3 aromatic rings. The average molecular weight is 471 g/mol. The van der Waals surface area contributed by atoms with Crippen molar-refractivity contribution in [3.8, 4) is 0 Å². The molecule has 0 saturated heterocycles. The van der Waals surface area contributed by atoms with E-state index in [-0.39, 0.29) is 5.91 Å². The predicted molar refractivity (Wildman–Crippen MR) is 139 cm³/mol. The molecule has 0 atom stereocenters. The summed E-state index contributed by atoms with van der Waals surface area (Å²) in [5.74, 6) is 0.695. The number of pyridine rings is 1. The largest absolute Gasteiger partial charge is 0.388 e. The van der Waals surface area contributed by atoms with Crippen LogP contribution in [0.25, 0.3) is 0 Å². The third-order valence-corrected chi connectivity index (χ3v) is 4.88. The molecule has 188 valence electrons. The number of hydrogen-bond donors (Lipinski definition) is 5. The number of carbonyl (C=O) groups is 1. The van der Waals surface area contributed by atoms with Gasteiger partial charge in [0.25, 0.3) is 5.91 Å². The second kappa shape index (κ2) is 17.3. The molecule has 0 aliphatic heterocycles. The molecule has 0 aliphatic rings. The number of imidazole rings is 2. The van der Waals surface area contributed by atoms with E-state index in [9.17, 15) is 4.79 Å². The van der Waals surface area contributed by atoms with Crippen LogP contribution < -0.4 is 16.0 Å². The van der Waals surface area contributed by atoms with Crippen molar-refractivity contribution >= 4 is 11.6 Å². The van der Waals surface area contributed by atoms with Gasteiger partial charge in [0, 0.05) is 69.0 Å². The zero-order chi connectivity index (χ0) is 25.2. The molecule has 0 unspecified atom stereocenters. The summed E-state index contributed by atoms with van der Waals surface area (Å²) in [7, 11) is 1.82. The zero-order valence-electron chi connectivity index (χ0n) is 21.5. The van der Waals surface area contributed by atoms with Crippen molar-refractivity contribution in [3.05, 3.63) is 60.0 Å². The molecular formula is C25H42N8O. The van der Waals surface area contributed by atoms with Gasteiger partial charge in [-0.2, -0.15) is 0 Å². The zero-order valence-corrected chi connectivity index (χ0v) is 21.5. The summed E-state index contributed by atoms with van der Waals surface area (Å²) in [4.78, 5) is 30.9. The molecule has 0 radical (unpaired) electrons. The van der Waals surface area contributed by atoms with Crippen LogP contribution in [0.4, 0.5) is 5.69 Å². The van der Waals surface area contributed by atoms with Crippen LogP contribution in [0.15, 0.2) is 37.2 Å². The van der Waals surface area contributed by atoms with Gasteiger partial charge in [0.2, 0.25) is 0 Å².